The zero-order valence-electron chi connectivity index (χ0n) is 8.77. The van der Waals surface area contributed by atoms with Crippen LogP contribution in [0.2, 0.25) is 0 Å². The Labute approximate surface area is 86.0 Å². The van der Waals surface area contributed by atoms with Crippen molar-refractivity contribution in [2.45, 2.75) is 19.8 Å². The van der Waals surface area contributed by atoms with Gasteiger partial charge in [-0.3, -0.25) is 0 Å². The highest BCUT2D eigenvalue weighted by Crippen LogP contribution is 2.39. The predicted molar refractivity (Wildman–Crippen MR) is 61.2 cm³/mol. The third-order valence-electron chi connectivity index (χ3n) is 2.90. The molecule has 0 saturated carbocycles. The summed E-state index contributed by atoms with van der Waals surface area (Å²) in [5.74, 6) is 0.508. The maximum absolute atomic E-state index is 2.29. The first-order valence-corrected chi connectivity index (χ1v) is 5.11. The molecule has 0 N–H and O–H groups in total. The maximum Gasteiger partial charge on any atom is 0.0107 e. The lowest BCUT2D eigenvalue weighted by molar-refractivity contribution is 0.422. The summed E-state index contributed by atoms with van der Waals surface area (Å²) in [6.45, 7) is 4.56. The first-order chi connectivity index (χ1) is 6.70. The van der Waals surface area contributed by atoms with E-state index in [1.165, 1.54) is 5.56 Å². The SMILES string of the molecule is CC1(C)C=CC=CC1c1ccccc1. The van der Waals surface area contributed by atoms with Gasteiger partial charge in [-0.1, -0.05) is 68.5 Å². The van der Waals surface area contributed by atoms with Crippen LogP contribution in [0.15, 0.2) is 54.6 Å². The lowest BCUT2D eigenvalue weighted by atomic mass is 9.73. The van der Waals surface area contributed by atoms with E-state index in [1.54, 1.807) is 0 Å². The molecule has 0 aliphatic heterocycles. The zero-order valence-corrected chi connectivity index (χ0v) is 8.77. The van der Waals surface area contributed by atoms with Gasteiger partial charge in [-0.05, 0) is 11.0 Å². The van der Waals surface area contributed by atoms with Crippen molar-refractivity contribution in [3.05, 3.63) is 60.2 Å². The van der Waals surface area contributed by atoms with Gasteiger partial charge in [-0.25, -0.2) is 0 Å². The van der Waals surface area contributed by atoms with Crippen LogP contribution < -0.4 is 0 Å². The highest BCUT2D eigenvalue weighted by atomic mass is 14.3. The van der Waals surface area contributed by atoms with Crippen molar-refractivity contribution in [2.75, 3.05) is 0 Å². The number of hydrogen-bond donors (Lipinski definition) is 0. The molecule has 0 radical (unpaired) electrons. The first kappa shape index (κ1) is 9.26. The Balaban J connectivity index is 2.36. The molecule has 0 heteroatoms. The fourth-order valence-corrected chi connectivity index (χ4v) is 2.03. The summed E-state index contributed by atoms with van der Waals surface area (Å²) in [7, 11) is 0. The lowest BCUT2D eigenvalue weighted by Gasteiger charge is -2.31. The summed E-state index contributed by atoms with van der Waals surface area (Å²) >= 11 is 0. The van der Waals surface area contributed by atoms with Gasteiger partial charge in [0, 0.05) is 5.92 Å². The lowest BCUT2D eigenvalue weighted by Crippen LogP contribution is -2.19. The number of rotatable bonds is 1. The van der Waals surface area contributed by atoms with E-state index in [-0.39, 0.29) is 5.41 Å². The van der Waals surface area contributed by atoms with E-state index in [2.05, 4.69) is 68.5 Å². The standard InChI is InChI=1S/C14H16/c1-14(2)11-7-6-10-13(14)12-8-4-3-5-9-12/h3-11,13H,1-2H3. The fraction of sp³-hybridized carbons (Fsp3) is 0.286. The van der Waals surface area contributed by atoms with Crippen molar-refractivity contribution in [3.8, 4) is 0 Å². The van der Waals surface area contributed by atoms with Crippen LogP contribution in [-0.2, 0) is 0 Å². The fourth-order valence-electron chi connectivity index (χ4n) is 2.03. The highest BCUT2D eigenvalue weighted by molar-refractivity contribution is 5.32. The molecule has 0 nitrogen and oxygen atoms in total. The van der Waals surface area contributed by atoms with Gasteiger partial charge < -0.3 is 0 Å². The van der Waals surface area contributed by atoms with E-state index in [4.69, 9.17) is 0 Å². The van der Waals surface area contributed by atoms with Crippen LogP contribution in [0.3, 0.4) is 0 Å². The summed E-state index contributed by atoms with van der Waals surface area (Å²) in [5, 5.41) is 0. The van der Waals surface area contributed by atoms with E-state index in [1.807, 2.05) is 0 Å². The summed E-state index contributed by atoms with van der Waals surface area (Å²) in [4.78, 5) is 0. The molecule has 0 spiro atoms. The molecule has 14 heavy (non-hydrogen) atoms. The summed E-state index contributed by atoms with van der Waals surface area (Å²) in [6.07, 6.45) is 8.85. The van der Waals surface area contributed by atoms with Gasteiger partial charge in [0.05, 0.1) is 0 Å². The van der Waals surface area contributed by atoms with Crippen LogP contribution in [0.4, 0.5) is 0 Å². The molecule has 1 aliphatic carbocycles. The molecule has 0 amide bonds. The van der Waals surface area contributed by atoms with Gasteiger partial charge in [0.2, 0.25) is 0 Å². The second-order valence-corrected chi connectivity index (χ2v) is 4.45. The van der Waals surface area contributed by atoms with Gasteiger partial charge >= 0.3 is 0 Å². The maximum atomic E-state index is 2.29. The van der Waals surface area contributed by atoms with Crippen molar-refractivity contribution in [3.63, 3.8) is 0 Å². The second kappa shape index (κ2) is 3.45. The summed E-state index contributed by atoms with van der Waals surface area (Å²) < 4.78 is 0. The third-order valence-corrected chi connectivity index (χ3v) is 2.90. The Bertz CT molecular complexity index is 355. The van der Waals surface area contributed by atoms with E-state index < -0.39 is 0 Å². The molecule has 72 valence electrons. The van der Waals surface area contributed by atoms with Crippen molar-refractivity contribution < 1.29 is 0 Å². The average molecular weight is 184 g/mol. The minimum absolute atomic E-state index is 0.232. The molecular formula is C14H16. The van der Waals surface area contributed by atoms with Crippen LogP contribution in [0.25, 0.3) is 0 Å². The first-order valence-electron chi connectivity index (χ1n) is 5.11. The quantitative estimate of drug-likeness (QED) is 0.620. The van der Waals surface area contributed by atoms with Crippen LogP contribution in [0.1, 0.15) is 25.3 Å². The van der Waals surface area contributed by atoms with Gasteiger partial charge in [0.15, 0.2) is 0 Å². The van der Waals surface area contributed by atoms with Gasteiger partial charge in [-0.2, -0.15) is 0 Å². The molecule has 0 aromatic heterocycles. The minimum atomic E-state index is 0.232. The Kier molecular flexibility index (Phi) is 2.28. The molecule has 0 heterocycles. The van der Waals surface area contributed by atoms with Crippen molar-refractivity contribution in [1.29, 1.82) is 0 Å². The monoisotopic (exact) mass is 184 g/mol. The molecule has 1 aliphatic rings. The average Bonchev–Trinajstić information content (AvgIpc) is 2.18. The number of allylic oxidation sites excluding steroid dienone is 4. The van der Waals surface area contributed by atoms with E-state index in [0.717, 1.165) is 0 Å². The molecule has 0 saturated heterocycles. The van der Waals surface area contributed by atoms with E-state index in [0.29, 0.717) is 5.92 Å². The van der Waals surface area contributed by atoms with Crippen LogP contribution in [-0.4, -0.2) is 0 Å². The van der Waals surface area contributed by atoms with E-state index >= 15 is 0 Å². The van der Waals surface area contributed by atoms with Crippen LogP contribution in [0, 0.1) is 5.41 Å². The van der Waals surface area contributed by atoms with Crippen LogP contribution >= 0.6 is 0 Å². The molecule has 1 aromatic carbocycles. The second-order valence-electron chi connectivity index (χ2n) is 4.45. The van der Waals surface area contributed by atoms with Gasteiger partial charge in [0.1, 0.15) is 0 Å². The van der Waals surface area contributed by atoms with Crippen LogP contribution in [0.5, 0.6) is 0 Å². The molecule has 0 bridgehead atoms. The molecule has 1 atom stereocenters. The van der Waals surface area contributed by atoms with Gasteiger partial charge in [0.25, 0.3) is 0 Å². The largest absolute Gasteiger partial charge is 0.0779 e. The molecule has 1 aromatic rings. The topological polar surface area (TPSA) is 0 Å². The molecule has 1 unspecified atom stereocenters. The Hall–Kier alpha value is -1.30. The Morgan fingerprint density at radius 3 is 2.36 bits per heavy atom. The highest BCUT2D eigenvalue weighted by Gasteiger charge is 2.27. The number of hydrogen-bond acceptors (Lipinski definition) is 0. The normalized spacial score (nSPS) is 23.7. The van der Waals surface area contributed by atoms with E-state index in [9.17, 15) is 0 Å². The molecule has 2 rings (SSSR count). The summed E-state index contributed by atoms with van der Waals surface area (Å²) in [6, 6.07) is 10.7. The number of benzene rings is 1. The zero-order chi connectivity index (χ0) is 10.0. The van der Waals surface area contributed by atoms with Crippen molar-refractivity contribution >= 4 is 0 Å². The van der Waals surface area contributed by atoms with Crippen molar-refractivity contribution in [1.82, 2.24) is 0 Å². The minimum Gasteiger partial charge on any atom is -0.0779 e. The predicted octanol–water partition coefficient (Wildman–Crippen LogP) is 3.92. The summed E-state index contributed by atoms with van der Waals surface area (Å²) in [5.41, 5.74) is 1.63. The smallest absolute Gasteiger partial charge is 0.0107 e. The molecule has 0 fully saturated rings. The van der Waals surface area contributed by atoms with Gasteiger partial charge in [-0.15, -0.1) is 0 Å². The third kappa shape index (κ3) is 1.65. The van der Waals surface area contributed by atoms with Crippen molar-refractivity contribution in [2.24, 2.45) is 5.41 Å². The molecular weight excluding hydrogens is 168 g/mol. The Morgan fingerprint density at radius 1 is 1.00 bits per heavy atom. The Morgan fingerprint density at radius 2 is 1.71 bits per heavy atom.